The third-order valence-electron chi connectivity index (χ3n) is 5.32. The summed E-state index contributed by atoms with van der Waals surface area (Å²) in [5.41, 5.74) is 0. The van der Waals surface area contributed by atoms with Crippen LogP contribution in [0.3, 0.4) is 0 Å². The van der Waals surface area contributed by atoms with Crippen LogP contribution in [-0.4, -0.2) is 129 Å². The maximum atomic E-state index is 10.4. The van der Waals surface area contributed by atoms with Crippen LogP contribution in [0.4, 0.5) is 0 Å². The standard InChI is InChI=1S/C25H48O11/c1-5-7-9-31-14-21(27)16-34-19(4)12-35-24-23(28)10-22(36-25(24)29)17-32-11-18(3)33-15-20(26)13-30-8-6-2/h6,18-29H,2,5,7-17H2,1,3-4H3. The van der Waals surface area contributed by atoms with Gasteiger partial charge in [-0.05, 0) is 20.3 Å². The van der Waals surface area contributed by atoms with Crippen LogP contribution in [-0.2, 0) is 33.2 Å². The fourth-order valence-electron chi connectivity index (χ4n) is 3.33. The molecule has 11 nitrogen and oxygen atoms in total. The molecule has 1 saturated heterocycles. The maximum absolute atomic E-state index is 10.4. The summed E-state index contributed by atoms with van der Waals surface area (Å²) in [4.78, 5) is 0. The number of unbranched alkanes of at least 4 members (excludes halogenated alkanes) is 1. The van der Waals surface area contributed by atoms with Crippen LogP contribution < -0.4 is 0 Å². The first-order chi connectivity index (χ1) is 17.3. The molecular weight excluding hydrogens is 476 g/mol. The Morgan fingerprint density at radius 1 is 0.917 bits per heavy atom. The zero-order chi connectivity index (χ0) is 26.8. The van der Waals surface area contributed by atoms with Gasteiger partial charge >= 0.3 is 0 Å². The average molecular weight is 525 g/mol. The normalized spacial score (nSPS) is 25.9. The molecule has 0 saturated carbocycles. The van der Waals surface area contributed by atoms with E-state index in [-0.39, 0.29) is 64.9 Å². The fourth-order valence-corrected chi connectivity index (χ4v) is 3.33. The summed E-state index contributed by atoms with van der Waals surface area (Å²) < 4.78 is 38.4. The third-order valence-corrected chi connectivity index (χ3v) is 5.32. The highest BCUT2D eigenvalue weighted by atomic mass is 16.7. The largest absolute Gasteiger partial charge is 0.390 e. The van der Waals surface area contributed by atoms with E-state index in [9.17, 15) is 20.4 Å². The Morgan fingerprint density at radius 3 is 2.17 bits per heavy atom. The molecule has 0 aliphatic carbocycles. The second-order valence-electron chi connectivity index (χ2n) is 9.14. The lowest BCUT2D eigenvalue weighted by Crippen LogP contribution is -2.51. The first-order valence-corrected chi connectivity index (χ1v) is 12.8. The van der Waals surface area contributed by atoms with Crippen LogP contribution in [0.25, 0.3) is 0 Å². The van der Waals surface area contributed by atoms with Crippen LogP contribution >= 0.6 is 0 Å². The summed E-state index contributed by atoms with van der Waals surface area (Å²) in [5, 5.41) is 40.4. The quantitative estimate of drug-likeness (QED) is 0.115. The summed E-state index contributed by atoms with van der Waals surface area (Å²) in [5.74, 6) is 0. The van der Waals surface area contributed by atoms with Gasteiger partial charge in [-0.3, -0.25) is 0 Å². The van der Waals surface area contributed by atoms with Crippen molar-refractivity contribution in [2.75, 3.05) is 59.5 Å². The van der Waals surface area contributed by atoms with E-state index in [0.29, 0.717) is 13.2 Å². The highest BCUT2D eigenvalue weighted by Crippen LogP contribution is 2.22. The van der Waals surface area contributed by atoms with Crippen molar-refractivity contribution in [3.8, 4) is 0 Å². The van der Waals surface area contributed by atoms with Crippen molar-refractivity contribution < 1.29 is 53.6 Å². The van der Waals surface area contributed by atoms with E-state index in [4.69, 9.17) is 33.2 Å². The van der Waals surface area contributed by atoms with Crippen LogP contribution in [0.15, 0.2) is 12.7 Å². The van der Waals surface area contributed by atoms with Gasteiger partial charge in [0.05, 0.1) is 77.3 Å². The predicted molar refractivity (Wildman–Crippen MR) is 132 cm³/mol. The second kappa shape index (κ2) is 20.3. The van der Waals surface area contributed by atoms with Crippen molar-refractivity contribution in [1.82, 2.24) is 0 Å². The minimum Gasteiger partial charge on any atom is -0.390 e. The lowest BCUT2D eigenvalue weighted by atomic mass is 10.0. The van der Waals surface area contributed by atoms with Gasteiger partial charge in [-0.15, -0.1) is 6.58 Å². The van der Waals surface area contributed by atoms with Gasteiger partial charge in [0.2, 0.25) is 0 Å². The molecule has 0 aromatic rings. The van der Waals surface area contributed by atoms with Crippen LogP contribution in [0.1, 0.15) is 40.0 Å². The second-order valence-corrected chi connectivity index (χ2v) is 9.14. The third kappa shape index (κ3) is 15.5. The number of hydrogen-bond donors (Lipinski definition) is 4. The summed E-state index contributed by atoms with van der Waals surface area (Å²) in [6, 6.07) is 0. The SMILES string of the molecule is C=CCOCC(O)COC(C)COCC1CC(O)C(OCC(C)OCC(O)COCCCC)C(O)O1. The van der Waals surface area contributed by atoms with Gasteiger partial charge in [0, 0.05) is 13.0 Å². The molecule has 0 amide bonds. The molecule has 1 aliphatic rings. The van der Waals surface area contributed by atoms with Gasteiger partial charge in [0.25, 0.3) is 0 Å². The average Bonchev–Trinajstić information content (AvgIpc) is 2.83. The van der Waals surface area contributed by atoms with Crippen molar-refractivity contribution in [3.63, 3.8) is 0 Å². The van der Waals surface area contributed by atoms with E-state index >= 15 is 0 Å². The molecule has 0 radical (unpaired) electrons. The molecule has 8 unspecified atom stereocenters. The van der Waals surface area contributed by atoms with Crippen LogP contribution in [0.2, 0.25) is 0 Å². The van der Waals surface area contributed by atoms with Crippen LogP contribution in [0, 0.1) is 0 Å². The Hall–Kier alpha value is -0.700. The van der Waals surface area contributed by atoms with Crippen LogP contribution in [0.5, 0.6) is 0 Å². The molecule has 0 bridgehead atoms. The Bertz CT molecular complexity index is 526. The zero-order valence-corrected chi connectivity index (χ0v) is 22.0. The molecule has 1 heterocycles. The highest BCUT2D eigenvalue weighted by molar-refractivity contribution is 4.82. The number of aliphatic hydroxyl groups is 4. The lowest BCUT2D eigenvalue weighted by molar-refractivity contribution is -0.270. The maximum Gasteiger partial charge on any atom is 0.184 e. The Kier molecular flexibility index (Phi) is 18.8. The Balaban J connectivity index is 2.19. The van der Waals surface area contributed by atoms with Crippen molar-refractivity contribution >= 4 is 0 Å². The Morgan fingerprint density at radius 2 is 1.56 bits per heavy atom. The molecule has 1 fully saturated rings. The zero-order valence-electron chi connectivity index (χ0n) is 22.0. The number of hydrogen-bond acceptors (Lipinski definition) is 11. The Labute approximate surface area is 215 Å². The summed E-state index contributed by atoms with van der Waals surface area (Å²) in [6.07, 6.45) is -1.94. The molecule has 4 N–H and O–H groups in total. The molecule has 0 aromatic carbocycles. The lowest BCUT2D eigenvalue weighted by Gasteiger charge is -2.37. The minimum atomic E-state index is -1.31. The topological polar surface area (TPSA) is 146 Å². The first-order valence-electron chi connectivity index (χ1n) is 12.8. The molecule has 1 rings (SSSR count). The van der Waals surface area contributed by atoms with Gasteiger partial charge in [-0.1, -0.05) is 19.4 Å². The van der Waals surface area contributed by atoms with E-state index in [2.05, 4.69) is 13.5 Å². The van der Waals surface area contributed by atoms with Crippen molar-refractivity contribution in [2.24, 2.45) is 0 Å². The molecule has 36 heavy (non-hydrogen) atoms. The number of ether oxygens (including phenoxy) is 7. The smallest absolute Gasteiger partial charge is 0.184 e. The number of rotatable bonds is 22. The summed E-state index contributed by atoms with van der Waals surface area (Å²) >= 11 is 0. The molecule has 1 aliphatic heterocycles. The molecule has 0 aromatic heterocycles. The van der Waals surface area contributed by atoms with Gasteiger partial charge in [-0.25, -0.2) is 0 Å². The van der Waals surface area contributed by atoms with E-state index in [1.165, 1.54) is 0 Å². The first kappa shape index (κ1) is 33.3. The fraction of sp³-hybridized carbons (Fsp3) is 0.920. The van der Waals surface area contributed by atoms with Gasteiger partial charge < -0.3 is 53.6 Å². The van der Waals surface area contributed by atoms with Crippen molar-refractivity contribution in [3.05, 3.63) is 12.7 Å². The van der Waals surface area contributed by atoms with E-state index < -0.39 is 36.8 Å². The summed E-state index contributed by atoms with van der Waals surface area (Å²) in [7, 11) is 0. The number of aliphatic hydroxyl groups excluding tert-OH is 4. The van der Waals surface area contributed by atoms with Crippen molar-refractivity contribution in [1.29, 1.82) is 0 Å². The molecule has 214 valence electrons. The highest BCUT2D eigenvalue weighted by Gasteiger charge is 2.38. The van der Waals surface area contributed by atoms with Gasteiger partial charge in [-0.2, -0.15) is 0 Å². The predicted octanol–water partition coefficient (Wildman–Crippen LogP) is 0.408. The van der Waals surface area contributed by atoms with Crippen molar-refractivity contribution in [2.45, 2.75) is 89.1 Å². The van der Waals surface area contributed by atoms with Gasteiger partial charge in [0.1, 0.15) is 18.3 Å². The van der Waals surface area contributed by atoms with E-state index in [1.54, 1.807) is 13.0 Å². The molecule has 0 spiro atoms. The molecule has 8 atom stereocenters. The molecular formula is C25H48O11. The van der Waals surface area contributed by atoms with E-state index in [1.807, 2.05) is 6.92 Å². The molecule has 11 heteroatoms. The minimum absolute atomic E-state index is 0.104. The monoisotopic (exact) mass is 524 g/mol. The summed E-state index contributed by atoms with van der Waals surface area (Å²) in [6.45, 7) is 11.3. The van der Waals surface area contributed by atoms with Gasteiger partial charge in [0.15, 0.2) is 6.29 Å². The van der Waals surface area contributed by atoms with E-state index in [0.717, 1.165) is 12.8 Å².